The molecule has 2 N–H and O–H groups in total. The molecule has 3 aromatic heterocycles. The van der Waals surface area contributed by atoms with Gasteiger partial charge in [0, 0.05) is 23.4 Å². The van der Waals surface area contributed by atoms with Gasteiger partial charge >= 0.3 is 0 Å². The van der Waals surface area contributed by atoms with Crippen LogP contribution in [0.2, 0.25) is 0 Å². The van der Waals surface area contributed by atoms with Crippen LogP contribution in [0.5, 0.6) is 0 Å². The SMILES string of the molecule is CC1(C)C(=O)Nc2nc(-c3nn(Cc4ccccc4F)c4ncccc34)nc(C(=O)NC3CCCC3)c21. The number of pyridine rings is 1. The summed E-state index contributed by atoms with van der Waals surface area (Å²) in [6.07, 6.45) is 5.62. The fraction of sp³-hybridized carbons (Fsp3) is 0.333. The molecule has 1 aromatic carbocycles. The van der Waals surface area contributed by atoms with Crippen molar-refractivity contribution >= 4 is 28.7 Å². The van der Waals surface area contributed by atoms with Crippen molar-refractivity contribution < 1.29 is 14.0 Å². The Labute approximate surface area is 212 Å². The number of amides is 2. The molecule has 188 valence electrons. The third kappa shape index (κ3) is 3.92. The Bertz CT molecular complexity index is 1560. The largest absolute Gasteiger partial charge is 0.348 e. The molecule has 1 aliphatic carbocycles. The molecule has 6 rings (SSSR count). The summed E-state index contributed by atoms with van der Waals surface area (Å²) in [4.78, 5) is 40.0. The minimum Gasteiger partial charge on any atom is -0.348 e. The Morgan fingerprint density at radius 3 is 2.73 bits per heavy atom. The summed E-state index contributed by atoms with van der Waals surface area (Å²) in [5.74, 6) is -0.422. The number of nitrogens with zero attached hydrogens (tertiary/aromatic N) is 5. The van der Waals surface area contributed by atoms with E-state index in [4.69, 9.17) is 5.10 Å². The zero-order chi connectivity index (χ0) is 25.7. The Morgan fingerprint density at radius 1 is 1.16 bits per heavy atom. The Morgan fingerprint density at radius 2 is 1.95 bits per heavy atom. The van der Waals surface area contributed by atoms with E-state index in [1.807, 2.05) is 6.07 Å². The van der Waals surface area contributed by atoms with Crippen LogP contribution < -0.4 is 10.6 Å². The molecule has 0 radical (unpaired) electrons. The van der Waals surface area contributed by atoms with Gasteiger partial charge in [0.05, 0.1) is 17.3 Å². The molecule has 0 spiro atoms. The molecule has 0 saturated heterocycles. The fourth-order valence-electron chi connectivity index (χ4n) is 5.19. The monoisotopic (exact) mass is 499 g/mol. The molecule has 0 unspecified atom stereocenters. The first kappa shape index (κ1) is 23.2. The summed E-state index contributed by atoms with van der Waals surface area (Å²) in [5.41, 5.74) is 1.07. The number of carbonyl (C=O) groups excluding carboxylic acids is 2. The van der Waals surface area contributed by atoms with E-state index in [-0.39, 0.29) is 41.7 Å². The number of aromatic nitrogens is 5. The van der Waals surface area contributed by atoms with Gasteiger partial charge in [-0.3, -0.25) is 9.59 Å². The van der Waals surface area contributed by atoms with Crippen LogP contribution in [-0.2, 0) is 16.8 Å². The van der Waals surface area contributed by atoms with Crippen molar-refractivity contribution in [3.05, 3.63) is 65.2 Å². The summed E-state index contributed by atoms with van der Waals surface area (Å²) in [5, 5.41) is 11.3. The summed E-state index contributed by atoms with van der Waals surface area (Å²) in [6, 6.07) is 10.2. The quantitative estimate of drug-likeness (QED) is 0.429. The first-order valence-corrected chi connectivity index (χ1v) is 12.4. The van der Waals surface area contributed by atoms with Gasteiger partial charge in [-0.2, -0.15) is 5.10 Å². The highest BCUT2D eigenvalue weighted by Gasteiger charge is 2.44. The molecule has 4 heterocycles. The number of hydrogen-bond acceptors (Lipinski definition) is 6. The number of halogens is 1. The zero-order valence-electron chi connectivity index (χ0n) is 20.6. The minimum absolute atomic E-state index is 0.0831. The van der Waals surface area contributed by atoms with Crippen molar-refractivity contribution in [3.63, 3.8) is 0 Å². The lowest BCUT2D eigenvalue weighted by Crippen LogP contribution is -2.36. The number of nitrogens with one attached hydrogen (secondary N) is 2. The molecular formula is C27H26FN7O2. The number of rotatable bonds is 5. The second-order valence-electron chi connectivity index (χ2n) is 10.1. The van der Waals surface area contributed by atoms with Crippen LogP contribution in [0.15, 0.2) is 42.6 Å². The average molecular weight is 500 g/mol. The fourth-order valence-corrected chi connectivity index (χ4v) is 5.19. The zero-order valence-corrected chi connectivity index (χ0v) is 20.6. The van der Waals surface area contributed by atoms with Gasteiger partial charge in [0.1, 0.15) is 23.0 Å². The Balaban J connectivity index is 1.49. The van der Waals surface area contributed by atoms with E-state index < -0.39 is 5.41 Å². The van der Waals surface area contributed by atoms with E-state index in [1.165, 1.54) is 6.07 Å². The number of anilines is 1. The van der Waals surface area contributed by atoms with Crippen molar-refractivity contribution in [2.45, 2.75) is 57.5 Å². The highest BCUT2D eigenvalue weighted by Crippen LogP contribution is 2.40. The van der Waals surface area contributed by atoms with Crippen LogP contribution >= 0.6 is 0 Å². The minimum atomic E-state index is -0.968. The van der Waals surface area contributed by atoms with E-state index in [1.54, 1.807) is 49.0 Å². The van der Waals surface area contributed by atoms with Crippen molar-refractivity contribution in [1.82, 2.24) is 30.0 Å². The second-order valence-corrected chi connectivity index (χ2v) is 10.1. The van der Waals surface area contributed by atoms with Crippen LogP contribution in [0.1, 0.15) is 61.1 Å². The third-order valence-electron chi connectivity index (χ3n) is 7.24. The number of fused-ring (bicyclic) bond motifs is 2. The summed E-state index contributed by atoms with van der Waals surface area (Å²) < 4.78 is 16.0. The maximum atomic E-state index is 14.4. The Kier molecular flexibility index (Phi) is 5.47. The molecule has 1 aliphatic heterocycles. The molecular weight excluding hydrogens is 473 g/mol. The van der Waals surface area contributed by atoms with Gasteiger partial charge < -0.3 is 10.6 Å². The molecule has 1 saturated carbocycles. The van der Waals surface area contributed by atoms with Gasteiger partial charge in [0.15, 0.2) is 11.5 Å². The van der Waals surface area contributed by atoms with Crippen molar-refractivity contribution in [1.29, 1.82) is 0 Å². The number of carbonyl (C=O) groups is 2. The molecule has 0 bridgehead atoms. The van der Waals surface area contributed by atoms with Gasteiger partial charge in [-0.1, -0.05) is 31.0 Å². The van der Waals surface area contributed by atoms with Crippen molar-refractivity contribution in [3.8, 4) is 11.5 Å². The molecule has 1 fully saturated rings. The van der Waals surface area contributed by atoms with Gasteiger partial charge in [-0.05, 0) is 44.9 Å². The topological polar surface area (TPSA) is 115 Å². The van der Waals surface area contributed by atoms with E-state index in [9.17, 15) is 14.0 Å². The molecule has 0 atom stereocenters. The third-order valence-corrected chi connectivity index (χ3v) is 7.24. The maximum absolute atomic E-state index is 14.4. The predicted octanol–water partition coefficient (Wildman–Crippen LogP) is 3.98. The number of benzene rings is 1. The lowest BCUT2D eigenvalue weighted by atomic mass is 9.85. The summed E-state index contributed by atoms with van der Waals surface area (Å²) in [6.45, 7) is 3.67. The van der Waals surface area contributed by atoms with Crippen LogP contribution in [0.3, 0.4) is 0 Å². The van der Waals surface area contributed by atoms with Gasteiger partial charge in [-0.15, -0.1) is 0 Å². The van der Waals surface area contributed by atoms with Gasteiger partial charge in [-0.25, -0.2) is 24.0 Å². The van der Waals surface area contributed by atoms with Crippen LogP contribution in [0.25, 0.3) is 22.6 Å². The number of hydrogen-bond donors (Lipinski definition) is 2. The van der Waals surface area contributed by atoms with Crippen molar-refractivity contribution in [2.24, 2.45) is 0 Å². The molecule has 10 heteroatoms. The molecule has 2 aliphatic rings. The van der Waals surface area contributed by atoms with Gasteiger partial charge in [0.2, 0.25) is 5.91 Å². The first-order chi connectivity index (χ1) is 17.8. The lowest BCUT2D eigenvalue weighted by Gasteiger charge is -2.19. The highest BCUT2D eigenvalue weighted by molar-refractivity contribution is 6.09. The summed E-state index contributed by atoms with van der Waals surface area (Å²) in [7, 11) is 0. The first-order valence-electron chi connectivity index (χ1n) is 12.4. The van der Waals surface area contributed by atoms with E-state index in [0.29, 0.717) is 33.7 Å². The molecule has 4 aromatic rings. The molecule has 9 nitrogen and oxygen atoms in total. The molecule has 37 heavy (non-hydrogen) atoms. The van der Waals surface area contributed by atoms with E-state index >= 15 is 0 Å². The van der Waals surface area contributed by atoms with Crippen LogP contribution in [0.4, 0.5) is 10.2 Å². The Hall–Kier alpha value is -4.21. The van der Waals surface area contributed by atoms with Crippen LogP contribution in [0, 0.1) is 5.82 Å². The van der Waals surface area contributed by atoms with Crippen LogP contribution in [-0.4, -0.2) is 42.6 Å². The normalized spacial score (nSPS) is 16.7. The summed E-state index contributed by atoms with van der Waals surface area (Å²) >= 11 is 0. The van der Waals surface area contributed by atoms with E-state index in [2.05, 4.69) is 25.6 Å². The second kappa shape index (κ2) is 8.72. The highest BCUT2D eigenvalue weighted by atomic mass is 19.1. The standard InChI is InChI=1S/C27H26FN7O2/c1-27(2)19-21(25(36)30-16-9-4-5-10-16)31-23(32-22(19)33-26(27)37)20-17-11-7-13-29-24(17)35(34-20)14-15-8-3-6-12-18(15)28/h3,6-8,11-13,16H,4-5,9-10,14H2,1-2H3,(H,30,36)(H,31,32,33,37). The van der Waals surface area contributed by atoms with Gasteiger partial charge in [0.25, 0.3) is 5.91 Å². The van der Waals surface area contributed by atoms with E-state index in [0.717, 1.165) is 25.7 Å². The lowest BCUT2D eigenvalue weighted by molar-refractivity contribution is -0.119. The average Bonchev–Trinajstić information content (AvgIpc) is 3.58. The van der Waals surface area contributed by atoms with Crippen molar-refractivity contribution in [2.75, 3.05) is 5.32 Å². The molecule has 2 amide bonds. The maximum Gasteiger partial charge on any atom is 0.270 e. The smallest absolute Gasteiger partial charge is 0.270 e. The predicted molar refractivity (Wildman–Crippen MR) is 135 cm³/mol.